The van der Waals surface area contributed by atoms with E-state index < -0.39 is 73.4 Å². The summed E-state index contributed by atoms with van der Waals surface area (Å²) in [4.78, 5) is 28.0. The molecular weight excluding hydrogens is 819 g/mol. The Morgan fingerprint density at radius 2 is 0.984 bits per heavy atom. The molecule has 3 fully saturated rings. The summed E-state index contributed by atoms with van der Waals surface area (Å²) in [5.74, 6) is -0.553. The number of hydrogen-bond acceptors (Lipinski definition) is 12. The summed E-state index contributed by atoms with van der Waals surface area (Å²) in [6.45, 7) is 2.47. The molecule has 0 aliphatic carbocycles. The fourth-order valence-corrected chi connectivity index (χ4v) is 8.34. The lowest BCUT2D eigenvalue weighted by molar-refractivity contribution is -0.335. The average molecular weight is 874 g/mol. The molecule has 0 bridgehead atoms. The molecule has 64 heavy (non-hydrogen) atoms. The zero-order valence-corrected chi connectivity index (χ0v) is 36.0. The van der Waals surface area contributed by atoms with E-state index in [0.29, 0.717) is 0 Å². The molecule has 0 N–H and O–H groups in total. The van der Waals surface area contributed by atoms with Crippen LogP contribution in [-0.2, 0) is 85.1 Å². The standard InChI is InChI=1S/C51H55NO12/c1-35(53)61-45-41(33-56-29-37-20-10-4-11-21-37)62-49(43-46(45)64-51(54)52(43)28-36-18-8-3-9-19-36)60-34-42-44(57-30-38-22-12-5-13-23-38)47(58-31-39-24-14-6-15-25-39)48(50(55-2)63-42)59-32-40-26-16-7-17-27-40/h3-27,41-50H,28-34H2,1-2H3/t41?,42?,43?,44-,45+,46-,47-,48?,49-,50+/m1/s1. The second-order valence-corrected chi connectivity index (χ2v) is 16.0. The molecule has 4 unspecified atom stereocenters. The van der Waals surface area contributed by atoms with Gasteiger partial charge in [0.2, 0.25) is 0 Å². The van der Waals surface area contributed by atoms with Crippen LogP contribution in [0.4, 0.5) is 4.79 Å². The third-order valence-corrected chi connectivity index (χ3v) is 11.4. The highest BCUT2D eigenvalue weighted by Crippen LogP contribution is 2.38. The van der Waals surface area contributed by atoms with E-state index in [2.05, 4.69) is 0 Å². The molecule has 13 heteroatoms. The number of carbonyl (C=O) groups excluding carboxylic acids is 2. The smallest absolute Gasteiger partial charge is 0.411 e. The molecule has 1 amide bonds. The number of carbonyl (C=O) groups is 2. The van der Waals surface area contributed by atoms with E-state index in [-0.39, 0.29) is 46.2 Å². The van der Waals surface area contributed by atoms with Gasteiger partial charge in [-0.3, -0.25) is 9.69 Å². The first-order valence-electron chi connectivity index (χ1n) is 21.7. The maximum absolute atomic E-state index is 13.8. The summed E-state index contributed by atoms with van der Waals surface area (Å²) in [6, 6.07) is 48.0. The minimum absolute atomic E-state index is 0.0104. The topological polar surface area (TPSA) is 130 Å². The largest absolute Gasteiger partial charge is 0.456 e. The first-order valence-corrected chi connectivity index (χ1v) is 21.7. The molecule has 5 aromatic carbocycles. The molecule has 336 valence electrons. The van der Waals surface area contributed by atoms with Crippen LogP contribution in [0.15, 0.2) is 152 Å². The molecular formula is C51H55NO12. The number of benzene rings is 5. The van der Waals surface area contributed by atoms with Crippen LogP contribution in [-0.4, -0.2) is 98.6 Å². The van der Waals surface area contributed by atoms with Crippen molar-refractivity contribution in [3.63, 3.8) is 0 Å². The summed E-state index contributed by atoms with van der Waals surface area (Å²) in [6.07, 6.45) is -8.38. The lowest BCUT2D eigenvalue weighted by Crippen LogP contribution is -2.64. The van der Waals surface area contributed by atoms with Gasteiger partial charge in [0.15, 0.2) is 24.8 Å². The quantitative estimate of drug-likeness (QED) is 0.0724. The molecule has 0 saturated carbocycles. The Kier molecular flexibility index (Phi) is 15.8. The van der Waals surface area contributed by atoms with E-state index >= 15 is 0 Å². The highest BCUT2D eigenvalue weighted by molar-refractivity contribution is 5.71. The molecule has 3 aliphatic heterocycles. The van der Waals surface area contributed by atoms with Gasteiger partial charge in [-0.1, -0.05) is 152 Å². The van der Waals surface area contributed by atoms with Crippen LogP contribution in [0.3, 0.4) is 0 Å². The van der Waals surface area contributed by atoms with Crippen LogP contribution < -0.4 is 0 Å². The average Bonchev–Trinajstić information content (AvgIpc) is 3.66. The molecule has 0 radical (unpaired) electrons. The van der Waals surface area contributed by atoms with Crippen LogP contribution in [0.1, 0.15) is 34.7 Å². The Balaban J connectivity index is 1.10. The molecule has 0 aromatic heterocycles. The number of esters is 1. The predicted octanol–water partition coefficient (Wildman–Crippen LogP) is 7.39. The minimum Gasteiger partial charge on any atom is -0.456 e. The van der Waals surface area contributed by atoms with Crippen LogP contribution in [0.25, 0.3) is 0 Å². The second-order valence-electron chi connectivity index (χ2n) is 16.0. The Labute approximate surface area is 374 Å². The van der Waals surface area contributed by atoms with Crippen LogP contribution in [0.5, 0.6) is 0 Å². The van der Waals surface area contributed by atoms with Gasteiger partial charge in [-0.2, -0.15) is 0 Å². The summed E-state index contributed by atoms with van der Waals surface area (Å²) in [5, 5.41) is 0. The number of rotatable bonds is 20. The lowest BCUT2D eigenvalue weighted by atomic mass is 9.95. The van der Waals surface area contributed by atoms with Crippen molar-refractivity contribution in [3.8, 4) is 0 Å². The van der Waals surface area contributed by atoms with E-state index in [4.69, 9.17) is 47.4 Å². The Hall–Kier alpha value is -5.48. The van der Waals surface area contributed by atoms with Gasteiger partial charge < -0.3 is 47.4 Å². The number of fused-ring (bicyclic) bond motifs is 1. The summed E-state index contributed by atoms with van der Waals surface area (Å²) in [5.41, 5.74) is 4.70. The highest BCUT2D eigenvalue weighted by Gasteiger charge is 2.59. The third-order valence-electron chi connectivity index (χ3n) is 11.4. The van der Waals surface area contributed by atoms with Crippen molar-refractivity contribution < 1.29 is 57.0 Å². The Morgan fingerprint density at radius 1 is 0.531 bits per heavy atom. The van der Waals surface area contributed by atoms with Gasteiger partial charge in [-0.05, 0) is 27.8 Å². The maximum atomic E-state index is 13.8. The van der Waals surface area contributed by atoms with E-state index in [1.54, 1.807) is 12.0 Å². The van der Waals surface area contributed by atoms with Gasteiger partial charge >= 0.3 is 12.1 Å². The maximum Gasteiger partial charge on any atom is 0.411 e. The summed E-state index contributed by atoms with van der Waals surface area (Å²) < 4.78 is 64.6. The van der Waals surface area contributed by atoms with Gasteiger partial charge in [0.25, 0.3) is 0 Å². The van der Waals surface area contributed by atoms with E-state index in [1.807, 2.05) is 152 Å². The van der Waals surface area contributed by atoms with Crippen LogP contribution >= 0.6 is 0 Å². The number of methoxy groups -OCH3 is 1. The lowest BCUT2D eigenvalue weighted by Gasteiger charge is -2.47. The number of amides is 1. The van der Waals surface area contributed by atoms with E-state index in [0.717, 1.165) is 27.8 Å². The SMILES string of the molecule is CO[C@H]1OC(CO[C@@H]2OC(COCc3ccccc3)[C@H](OC(C)=O)[C@@H]3OC(=O)N(Cc4ccccc4)C23)[C@@H](OCc2ccccc2)[C@@H](OCc2ccccc2)C1OCc1ccccc1. The van der Waals surface area contributed by atoms with Gasteiger partial charge in [0, 0.05) is 20.6 Å². The van der Waals surface area contributed by atoms with Gasteiger partial charge in [0.05, 0.1) is 39.6 Å². The van der Waals surface area contributed by atoms with Crippen molar-refractivity contribution in [2.75, 3.05) is 20.3 Å². The zero-order valence-electron chi connectivity index (χ0n) is 36.0. The van der Waals surface area contributed by atoms with Crippen molar-refractivity contribution in [1.29, 1.82) is 0 Å². The van der Waals surface area contributed by atoms with Crippen LogP contribution in [0.2, 0.25) is 0 Å². The minimum atomic E-state index is -1.09. The van der Waals surface area contributed by atoms with Crippen molar-refractivity contribution >= 4 is 12.1 Å². The predicted molar refractivity (Wildman–Crippen MR) is 233 cm³/mol. The first-order chi connectivity index (χ1) is 31.4. The highest BCUT2D eigenvalue weighted by atomic mass is 16.7. The fourth-order valence-electron chi connectivity index (χ4n) is 8.34. The second kappa shape index (κ2) is 22.4. The summed E-state index contributed by atoms with van der Waals surface area (Å²) >= 11 is 0. The number of hydrogen-bond donors (Lipinski definition) is 0. The third kappa shape index (κ3) is 11.6. The molecule has 3 saturated heterocycles. The van der Waals surface area contributed by atoms with Crippen molar-refractivity contribution in [2.45, 2.75) is 101 Å². The van der Waals surface area contributed by atoms with Gasteiger partial charge in [-0.15, -0.1) is 0 Å². The van der Waals surface area contributed by atoms with Crippen molar-refractivity contribution in [3.05, 3.63) is 179 Å². The Bertz CT molecular complexity index is 2170. The zero-order chi connectivity index (χ0) is 44.1. The molecule has 0 spiro atoms. The van der Waals surface area contributed by atoms with E-state index in [1.165, 1.54) is 6.92 Å². The van der Waals surface area contributed by atoms with Gasteiger partial charge in [-0.25, -0.2) is 4.79 Å². The summed E-state index contributed by atoms with van der Waals surface area (Å²) in [7, 11) is 1.56. The Morgan fingerprint density at radius 3 is 1.50 bits per heavy atom. The van der Waals surface area contributed by atoms with Crippen LogP contribution in [0, 0.1) is 0 Å². The number of nitrogens with zero attached hydrogens (tertiary/aromatic N) is 1. The molecule has 3 aliphatic rings. The first kappa shape index (κ1) is 45.1. The molecule has 8 rings (SSSR count). The van der Waals surface area contributed by atoms with E-state index in [9.17, 15) is 9.59 Å². The monoisotopic (exact) mass is 873 g/mol. The normalized spacial score (nSPS) is 26.5. The molecule has 3 heterocycles. The fraction of sp³-hybridized carbons (Fsp3) is 0.373. The molecule has 5 aromatic rings. The van der Waals surface area contributed by atoms with Crippen molar-refractivity contribution in [1.82, 2.24) is 4.90 Å². The van der Waals surface area contributed by atoms with Gasteiger partial charge in [0.1, 0.15) is 36.6 Å². The number of ether oxygens (including phenoxy) is 10. The van der Waals surface area contributed by atoms with Crippen molar-refractivity contribution in [2.24, 2.45) is 0 Å². The molecule has 10 atom stereocenters. The molecule has 13 nitrogen and oxygen atoms in total.